The molecule has 0 bridgehead atoms. The van der Waals surface area contributed by atoms with Crippen LogP contribution in [0.2, 0.25) is 0 Å². The second-order valence-corrected chi connectivity index (χ2v) is 5.14. The fourth-order valence-corrected chi connectivity index (χ4v) is 2.27. The molecule has 0 atom stereocenters. The van der Waals surface area contributed by atoms with E-state index in [1.807, 2.05) is 36.4 Å². The normalized spacial score (nSPS) is 10.4. The third kappa shape index (κ3) is 3.78. The van der Waals surface area contributed by atoms with Gasteiger partial charge in [-0.05, 0) is 24.1 Å². The van der Waals surface area contributed by atoms with Gasteiger partial charge in [0, 0.05) is 6.42 Å². The number of carbonyl (C=O) groups is 1. The van der Waals surface area contributed by atoms with Gasteiger partial charge < -0.3 is 14.5 Å². The molecule has 0 aliphatic heterocycles. The van der Waals surface area contributed by atoms with Gasteiger partial charge in [-0.25, -0.2) is 0 Å². The maximum atomic E-state index is 12.2. The van der Waals surface area contributed by atoms with Crippen molar-refractivity contribution in [2.45, 2.75) is 12.8 Å². The molecule has 6 heteroatoms. The number of para-hydroxylation sites is 2. The van der Waals surface area contributed by atoms with Gasteiger partial charge in [-0.3, -0.25) is 4.79 Å². The number of carbonyl (C=O) groups excluding carboxylic acids is 1. The van der Waals surface area contributed by atoms with Gasteiger partial charge in [0.1, 0.15) is 5.75 Å². The second kappa shape index (κ2) is 7.41. The Labute approximate surface area is 139 Å². The monoisotopic (exact) mass is 323 g/mol. The number of aromatic nitrogens is 2. The summed E-state index contributed by atoms with van der Waals surface area (Å²) in [5, 5.41) is 10.4. The molecule has 3 rings (SSSR count). The van der Waals surface area contributed by atoms with Crippen molar-refractivity contribution in [3.8, 4) is 5.75 Å². The lowest BCUT2D eigenvalue weighted by atomic mass is 10.1. The minimum atomic E-state index is -0.460. The zero-order valence-corrected chi connectivity index (χ0v) is 13.2. The molecule has 0 spiro atoms. The van der Waals surface area contributed by atoms with Gasteiger partial charge in [-0.2, -0.15) is 0 Å². The lowest BCUT2D eigenvalue weighted by Gasteiger charge is -2.07. The third-order valence-electron chi connectivity index (χ3n) is 3.49. The Morgan fingerprint density at radius 3 is 2.58 bits per heavy atom. The van der Waals surface area contributed by atoms with E-state index in [0.717, 1.165) is 6.42 Å². The summed E-state index contributed by atoms with van der Waals surface area (Å²) in [6.45, 7) is 0. The first kappa shape index (κ1) is 15.7. The van der Waals surface area contributed by atoms with E-state index in [1.54, 1.807) is 25.3 Å². The maximum absolute atomic E-state index is 12.2. The molecule has 1 aromatic heterocycles. The summed E-state index contributed by atoms with van der Waals surface area (Å²) < 4.78 is 10.6. The molecule has 0 aliphatic rings. The van der Waals surface area contributed by atoms with Crippen LogP contribution in [-0.2, 0) is 12.8 Å². The highest BCUT2D eigenvalue weighted by Gasteiger charge is 2.16. The number of nitrogens with one attached hydrogen (secondary N) is 1. The minimum Gasteiger partial charge on any atom is -0.495 e. The molecule has 1 amide bonds. The van der Waals surface area contributed by atoms with E-state index < -0.39 is 5.91 Å². The molecule has 24 heavy (non-hydrogen) atoms. The van der Waals surface area contributed by atoms with Crippen LogP contribution in [0.3, 0.4) is 0 Å². The van der Waals surface area contributed by atoms with Crippen LogP contribution in [0.25, 0.3) is 0 Å². The van der Waals surface area contributed by atoms with Crippen molar-refractivity contribution in [1.82, 2.24) is 10.2 Å². The molecule has 1 heterocycles. The highest BCUT2D eigenvalue weighted by Crippen LogP contribution is 2.23. The Kier molecular flexibility index (Phi) is 4.86. The second-order valence-electron chi connectivity index (χ2n) is 5.14. The predicted octanol–water partition coefficient (Wildman–Crippen LogP) is 3.12. The van der Waals surface area contributed by atoms with Gasteiger partial charge in [0.25, 0.3) is 0 Å². The van der Waals surface area contributed by atoms with Gasteiger partial charge in [0.2, 0.25) is 5.89 Å². The van der Waals surface area contributed by atoms with Crippen LogP contribution in [0.4, 0.5) is 5.69 Å². The largest absolute Gasteiger partial charge is 0.495 e. The Balaban J connectivity index is 1.63. The minimum absolute atomic E-state index is 0.0658. The molecule has 3 aromatic rings. The van der Waals surface area contributed by atoms with Crippen LogP contribution in [0.1, 0.15) is 22.1 Å². The molecule has 0 saturated heterocycles. The van der Waals surface area contributed by atoms with E-state index in [-0.39, 0.29) is 5.89 Å². The summed E-state index contributed by atoms with van der Waals surface area (Å²) in [5.74, 6) is 0.473. The smallest absolute Gasteiger partial charge is 0.313 e. The molecular weight excluding hydrogens is 306 g/mol. The SMILES string of the molecule is COc1ccccc1NC(=O)c1nnc(CCc2ccccc2)o1. The molecule has 0 unspecified atom stereocenters. The molecule has 0 saturated carbocycles. The van der Waals surface area contributed by atoms with Gasteiger partial charge in [0.05, 0.1) is 12.8 Å². The van der Waals surface area contributed by atoms with E-state index >= 15 is 0 Å². The van der Waals surface area contributed by atoms with Crippen LogP contribution in [0.15, 0.2) is 59.0 Å². The van der Waals surface area contributed by atoms with E-state index in [1.165, 1.54) is 5.56 Å². The van der Waals surface area contributed by atoms with Crippen molar-refractivity contribution in [2.75, 3.05) is 12.4 Å². The number of benzene rings is 2. The standard InChI is InChI=1S/C18H17N3O3/c1-23-15-10-6-5-9-14(15)19-17(22)18-21-20-16(24-18)12-11-13-7-3-2-4-8-13/h2-10H,11-12H2,1H3,(H,19,22). The van der Waals surface area contributed by atoms with Crippen molar-refractivity contribution in [3.05, 3.63) is 71.9 Å². The zero-order chi connectivity index (χ0) is 16.8. The number of anilines is 1. The number of ether oxygens (including phenoxy) is 1. The fourth-order valence-electron chi connectivity index (χ4n) is 2.27. The summed E-state index contributed by atoms with van der Waals surface area (Å²) >= 11 is 0. The van der Waals surface area contributed by atoms with Crippen LogP contribution >= 0.6 is 0 Å². The predicted molar refractivity (Wildman–Crippen MR) is 89.1 cm³/mol. The van der Waals surface area contributed by atoms with Crippen molar-refractivity contribution < 1.29 is 13.9 Å². The first-order chi connectivity index (χ1) is 11.8. The Bertz CT molecular complexity index is 815. The maximum Gasteiger partial charge on any atom is 0.313 e. The van der Waals surface area contributed by atoms with Crippen molar-refractivity contribution in [3.63, 3.8) is 0 Å². The van der Waals surface area contributed by atoms with Gasteiger partial charge in [0.15, 0.2) is 0 Å². The number of nitrogens with zero attached hydrogens (tertiary/aromatic N) is 2. The highest BCUT2D eigenvalue weighted by atomic mass is 16.5. The number of hydrogen-bond acceptors (Lipinski definition) is 5. The van der Waals surface area contributed by atoms with Crippen LogP contribution in [0, 0.1) is 0 Å². The number of methoxy groups -OCH3 is 1. The molecular formula is C18H17N3O3. The van der Waals surface area contributed by atoms with E-state index in [2.05, 4.69) is 15.5 Å². The van der Waals surface area contributed by atoms with Crippen LogP contribution in [-0.4, -0.2) is 23.2 Å². The molecule has 0 radical (unpaired) electrons. The summed E-state index contributed by atoms with van der Waals surface area (Å²) in [4.78, 5) is 12.2. The van der Waals surface area contributed by atoms with Crippen molar-refractivity contribution >= 4 is 11.6 Å². The van der Waals surface area contributed by atoms with E-state index in [9.17, 15) is 4.79 Å². The average Bonchev–Trinajstić information content (AvgIpc) is 3.10. The number of hydrogen-bond donors (Lipinski definition) is 1. The lowest BCUT2D eigenvalue weighted by Crippen LogP contribution is -2.13. The number of amides is 1. The zero-order valence-electron chi connectivity index (χ0n) is 13.2. The molecule has 0 aliphatic carbocycles. The Morgan fingerprint density at radius 2 is 1.79 bits per heavy atom. The molecule has 1 N–H and O–H groups in total. The van der Waals surface area contributed by atoms with Gasteiger partial charge in [-0.15, -0.1) is 10.2 Å². The highest BCUT2D eigenvalue weighted by molar-refractivity contribution is 6.01. The third-order valence-corrected chi connectivity index (χ3v) is 3.49. The van der Waals surface area contributed by atoms with Crippen LogP contribution in [0.5, 0.6) is 5.75 Å². The lowest BCUT2D eigenvalue weighted by molar-refractivity contribution is 0.0988. The molecule has 122 valence electrons. The summed E-state index contributed by atoms with van der Waals surface area (Å²) in [5.41, 5.74) is 1.73. The Hall–Kier alpha value is -3.15. The summed E-state index contributed by atoms with van der Waals surface area (Å²) in [7, 11) is 1.54. The first-order valence-corrected chi connectivity index (χ1v) is 7.57. The quantitative estimate of drug-likeness (QED) is 0.754. The number of aryl methyl sites for hydroxylation is 2. The number of rotatable bonds is 6. The molecule has 2 aromatic carbocycles. The Morgan fingerprint density at radius 1 is 1.04 bits per heavy atom. The summed E-state index contributed by atoms with van der Waals surface area (Å²) in [6.07, 6.45) is 1.36. The first-order valence-electron chi connectivity index (χ1n) is 7.57. The average molecular weight is 323 g/mol. The molecule has 6 nitrogen and oxygen atoms in total. The van der Waals surface area contributed by atoms with Gasteiger partial charge in [-0.1, -0.05) is 42.5 Å². The van der Waals surface area contributed by atoms with Crippen molar-refractivity contribution in [1.29, 1.82) is 0 Å². The molecule has 0 fully saturated rings. The van der Waals surface area contributed by atoms with E-state index in [4.69, 9.17) is 9.15 Å². The fraction of sp³-hybridized carbons (Fsp3) is 0.167. The van der Waals surface area contributed by atoms with Crippen LogP contribution < -0.4 is 10.1 Å². The van der Waals surface area contributed by atoms with E-state index in [0.29, 0.717) is 23.7 Å². The topological polar surface area (TPSA) is 77.2 Å². The van der Waals surface area contributed by atoms with Gasteiger partial charge >= 0.3 is 11.8 Å². The van der Waals surface area contributed by atoms with Crippen molar-refractivity contribution in [2.24, 2.45) is 0 Å². The summed E-state index contributed by atoms with van der Waals surface area (Å²) in [6, 6.07) is 17.1.